The minimum Gasteiger partial charge on any atom is -0.478 e. The van der Waals surface area contributed by atoms with E-state index in [1.54, 1.807) is 35.4 Å². The lowest BCUT2D eigenvalue weighted by Crippen LogP contribution is -2.22. The van der Waals surface area contributed by atoms with Gasteiger partial charge in [0, 0.05) is 40.3 Å². The molecular formula is C31H40N4O5Si2. The second-order valence-electron chi connectivity index (χ2n) is 13.2. The van der Waals surface area contributed by atoms with Crippen molar-refractivity contribution in [2.45, 2.75) is 64.8 Å². The number of hydrogen-bond donors (Lipinski definition) is 1. The number of fused-ring (bicyclic) bond motifs is 2. The molecule has 42 heavy (non-hydrogen) atoms. The van der Waals surface area contributed by atoms with Gasteiger partial charge >= 0.3 is 5.97 Å². The Morgan fingerprint density at radius 3 is 2.24 bits per heavy atom. The van der Waals surface area contributed by atoms with Gasteiger partial charge in [-0.1, -0.05) is 45.3 Å². The van der Waals surface area contributed by atoms with Crippen molar-refractivity contribution in [2.75, 3.05) is 13.2 Å². The first kappa shape index (κ1) is 30.0. The number of imidazole rings is 1. The Balaban J connectivity index is 1.60. The smallest absolute Gasteiger partial charge is 0.335 e. The summed E-state index contributed by atoms with van der Waals surface area (Å²) >= 11 is 0. The predicted molar refractivity (Wildman–Crippen MR) is 171 cm³/mol. The van der Waals surface area contributed by atoms with Gasteiger partial charge in [0.25, 0.3) is 0 Å². The highest BCUT2D eigenvalue weighted by Gasteiger charge is 2.22. The van der Waals surface area contributed by atoms with Crippen molar-refractivity contribution in [3.05, 3.63) is 60.6 Å². The molecule has 0 aliphatic rings. The molecule has 3 heterocycles. The third-order valence-electron chi connectivity index (χ3n) is 7.24. The number of rotatable bonds is 13. The van der Waals surface area contributed by atoms with Crippen molar-refractivity contribution in [3.63, 3.8) is 0 Å². The maximum absolute atomic E-state index is 11.9. The second-order valence-corrected chi connectivity index (χ2v) is 24.4. The maximum Gasteiger partial charge on any atom is 0.335 e. The van der Waals surface area contributed by atoms with Gasteiger partial charge in [-0.3, -0.25) is 4.57 Å². The van der Waals surface area contributed by atoms with Crippen molar-refractivity contribution >= 4 is 44.1 Å². The summed E-state index contributed by atoms with van der Waals surface area (Å²) in [5.41, 5.74) is 5.26. The number of hydrogen-bond acceptors (Lipinski definition) is 6. The minimum absolute atomic E-state index is 0.194. The number of aromatic carboxylic acids is 1. The topological polar surface area (TPSA) is 105 Å². The maximum atomic E-state index is 11.9. The molecule has 0 spiro atoms. The van der Waals surface area contributed by atoms with Crippen molar-refractivity contribution in [1.82, 2.24) is 19.3 Å². The number of nitrogens with zero attached hydrogens (tertiary/aromatic N) is 4. The van der Waals surface area contributed by atoms with Crippen LogP contribution in [0.3, 0.4) is 0 Å². The zero-order valence-electron chi connectivity index (χ0n) is 25.3. The molecule has 0 unspecified atom stereocenters. The predicted octanol–water partition coefficient (Wildman–Crippen LogP) is 7.64. The highest BCUT2D eigenvalue weighted by molar-refractivity contribution is 6.76. The quantitative estimate of drug-likeness (QED) is 0.109. The Morgan fingerprint density at radius 2 is 1.60 bits per heavy atom. The number of benzene rings is 2. The monoisotopic (exact) mass is 604 g/mol. The largest absolute Gasteiger partial charge is 0.478 e. The first-order chi connectivity index (χ1) is 19.9. The Kier molecular flexibility index (Phi) is 8.56. The molecule has 0 radical (unpaired) electrons. The number of carbonyl (C=O) groups is 1. The third-order valence-corrected chi connectivity index (χ3v) is 10.6. The van der Waals surface area contributed by atoms with Gasteiger partial charge in [-0.2, -0.15) is 5.10 Å². The van der Waals surface area contributed by atoms with E-state index in [1.807, 2.05) is 22.8 Å². The number of carboxylic acids is 1. The van der Waals surface area contributed by atoms with E-state index >= 15 is 0 Å². The number of carboxylic acid groups (broad SMARTS) is 1. The summed E-state index contributed by atoms with van der Waals surface area (Å²) in [6, 6.07) is 15.2. The molecule has 0 aliphatic heterocycles. The second kappa shape index (κ2) is 12.0. The number of aromatic nitrogens is 4. The highest BCUT2D eigenvalue weighted by Crippen LogP contribution is 2.33. The third kappa shape index (κ3) is 6.92. The van der Waals surface area contributed by atoms with E-state index in [0.717, 1.165) is 39.8 Å². The summed E-state index contributed by atoms with van der Waals surface area (Å²) in [6.45, 7) is 15.8. The molecule has 222 valence electrons. The Hall–Kier alpha value is -3.52. The van der Waals surface area contributed by atoms with Crippen molar-refractivity contribution < 1.29 is 23.8 Å². The standard InChI is InChI=1S/C31H40N4O5Si2/c1-41(2,3)15-13-39-20-34-28-18-22(24-11-12-38-19-24)7-9-26(28)32-30(34)29-25-17-23(31(36)37)8-10-27(25)35(33-29)21-40-14-16-42(4,5)6/h7-12,17-19H,13-16,20-21H2,1-6H3,(H,36,37). The summed E-state index contributed by atoms with van der Waals surface area (Å²) in [5, 5.41) is 15.4. The first-order valence-corrected chi connectivity index (χ1v) is 21.7. The van der Waals surface area contributed by atoms with E-state index < -0.39 is 22.1 Å². The zero-order valence-corrected chi connectivity index (χ0v) is 27.3. The van der Waals surface area contributed by atoms with E-state index in [9.17, 15) is 9.90 Å². The van der Waals surface area contributed by atoms with E-state index in [-0.39, 0.29) is 12.3 Å². The van der Waals surface area contributed by atoms with Crippen LogP contribution in [0.1, 0.15) is 10.4 Å². The fourth-order valence-electron chi connectivity index (χ4n) is 4.68. The molecule has 0 saturated carbocycles. The lowest BCUT2D eigenvalue weighted by molar-refractivity contribution is 0.0697. The van der Waals surface area contributed by atoms with Gasteiger partial charge < -0.3 is 19.0 Å². The SMILES string of the molecule is C[Si](C)(C)CCOCn1nc(-c2nc3ccc(-c4ccoc4)cc3n2COCC[Si](C)(C)C)c2cc(C(=O)O)ccc21. The Labute approximate surface area is 248 Å². The Morgan fingerprint density at radius 1 is 0.881 bits per heavy atom. The lowest BCUT2D eigenvalue weighted by atomic mass is 10.1. The number of ether oxygens (including phenoxy) is 2. The molecule has 0 bridgehead atoms. The van der Waals surface area contributed by atoms with Crippen LogP contribution in [-0.2, 0) is 22.9 Å². The van der Waals surface area contributed by atoms with Gasteiger partial charge in [0.2, 0.25) is 0 Å². The van der Waals surface area contributed by atoms with Crippen LogP contribution < -0.4 is 0 Å². The fourth-order valence-corrected chi connectivity index (χ4v) is 6.20. The van der Waals surface area contributed by atoms with E-state index in [1.165, 1.54) is 0 Å². The summed E-state index contributed by atoms with van der Waals surface area (Å²) in [6.07, 6.45) is 3.38. The summed E-state index contributed by atoms with van der Waals surface area (Å²) < 4.78 is 21.4. The summed E-state index contributed by atoms with van der Waals surface area (Å²) in [4.78, 5) is 16.9. The molecule has 1 N–H and O–H groups in total. The summed E-state index contributed by atoms with van der Waals surface area (Å²) in [5.74, 6) is -0.370. The van der Waals surface area contributed by atoms with Gasteiger partial charge in [0.15, 0.2) is 5.82 Å². The lowest BCUT2D eigenvalue weighted by Gasteiger charge is -2.16. The molecule has 3 aromatic heterocycles. The van der Waals surface area contributed by atoms with E-state index in [2.05, 4.69) is 45.3 Å². The van der Waals surface area contributed by atoms with Crippen molar-refractivity contribution in [3.8, 4) is 22.6 Å². The van der Waals surface area contributed by atoms with Crippen LogP contribution in [0.4, 0.5) is 0 Å². The van der Waals surface area contributed by atoms with Gasteiger partial charge in [0.1, 0.15) is 19.2 Å². The fraction of sp³-hybridized carbons (Fsp3) is 0.387. The molecule has 5 rings (SSSR count). The van der Waals surface area contributed by atoms with Crippen LogP contribution in [0.25, 0.3) is 44.6 Å². The van der Waals surface area contributed by atoms with Gasteiger partial charge in [-0.05, 0) is 54.0 Å². The molecule has 0 aliphatic carbocycles. The average Bonchev–Trinajstić information content (AvgIpc) is 3.65. The van der Waals surface area contributed by atoms with Crippen molar-refractivity contribution in [2.24, 2.45) is 0 Å². The molecule has 11 heteroatoms. The molecule has 0 amide bonds. The average molecular weight is 605 g/mol. The molecule has 2 aromatic carbocycles. The van der Waals surface area contributed by atoms with Gasteiger partial charge in [0.05, 0.1) is 34.6 Å². The van der Waals surface area contributed by atoms with Crippen molar-refractivity contribution in [1.29, 1.82) is 0 Å². The number of furan rings is 1. The molecular weight excluding hydrogens is 565 g/mol. The molecule has 0 atom stereocenters. The van der Waals surface area contributed by atoms with Gasteiger partial charge in [-0.15, -0.1) is 0 Å². The molecule has 0 fully saturated rings. The van der Waals surface area contributed by atoms with E-state index in [4.69, 9.17) is 24.0 Å². The summed E-state index contributed by atoms with van der Waals surface area (Å²) in [7, 11) is -2.52. The zero-order chi connectivity index (χ0) is 30.1. The van der Waals surface area contributed by atoms with Crippen LogP contribution in [0.2, 0.25) is 51.4 Å². The van der Waals surface area contributed by atoms with Crippen LogP contribution in [-0.4, -0.2) is 59.8 Å². The minimum atomic E-state index is -1.28. The van der Waals surface area contributed by atoms with Crippen LogP contribution >= 0.6 is 0 Å². The molecule has 9 nitrogen and oxygen atoms in total. The Bertz CT molecular complexity index is 1690. The van der Waals surface area contributed by atoms with Crippen LogP contribution in [0.5, 0.6) is 0 Å². The van der Waals surface area contributed by atoms with Crippen LogP contribution in [0.15, 0.2) is 59.4 Å². The van der Waals surface area contributed by atoms with E-state index in [0.29, 0.717) is 36.8 Å². The van der Waals surface area contributed by atoms with Crippen LogP contribution in [0, 0.1) is 0 Å². The normalized spacial score (nSPS) is 12.5. The molecule has 5 aromatic rings. The van der Waals surface area contributed by atoms with Gasteiger partial charge in [-0.25, -0.2) is 14.5 Å². The first-order valence-electron chi connectivity index (χ1n) is 14.3. The highest BCUT2D eigenvalue weighted by atomic mass is 28.3. The molecule has 0 saturated heterocycles.